The number of rotatable bonds is 8. The van der Waals surface area contributed by atoms with E-state index in [1.165, 1.54) is 6.08 Å². The Bertz CT molecular complexity index is 172. The minimum Gasteiger partial charge on any atom is -0.789 e. The van der Waals surface area contributed by atoms with Crippen molar-refractivity contribution in [3.63, 3.8) is 0 Å². The van der Waals surface area contributed by atoms with Gasteiger partial charge in [0.25, 0.3) is 0 Å². The van der Waals surface area contributed by atoms with Gasteiger partial charge in [-0.1, -0.05) is 12.8 Å². The molecule has 82 valence electrons. The maximum Gasteiger partial charge on any atom is 0.243 e. The van der Waals surface area contributed by atoms with Crippen LogP contribution in [0.2, 0.25) is 0 Å². The van der Waals surface area contributed by atoms with Crippen LogP contribution in [-0.2, 0) is 17.4 Å². The highest BCUT2D eigenvalue weighted by Gasteiger charge is 1.93. The number of carbonyl (C=O) groups excluding carboxylic acids is 1. The van der Waals surface area contributed by atoms with E-state index in [9.17, 15) is 4.79 Å². The maximum absolute atomic E-state index is 11.0. The zero-order valence-electron chi connectivity index (χ0n) is 8.50. The number of hydrogen-bond acceptors (Lipinski definition) is 3. The second kappa shape index (κ2) is 10.6. The number of unbranched alkanes of at least 4 members (excludes halogenated alkanes) is 3. The monoisotopic (exact) mass is 215 g/mol. The van der Waals surface area contributed by atoms with E-state index in [0.717, 1.165) is 38.8 Å². The molecule has 3 N–H and O–H groups in total. The predicted octanol–water partition coefficient (Wildman–Crippen LogP) is 0.725. The van der Waals surface area contributed by atoms with E-state index in [1.54, 1.807) is 6.08 Å². The molecular formula is C10H19N2OS-. The number of nitrogens with one attached hydrogen (secondary N) is 1. The Kier molecular flexibility index (Phi) is 10.2. The summed E-state index contributed by atoms with van der Waals surface area (Å²) in [4.78, 5) is 11.0. The largest absolute Gasteiger partial charge is 0.789 e. The molecule has 0 aliphatic rings. The van der Waals surface area contributed by atoms with Crippen LogP contribution in [0.4, 0.5) is 0 Å². The van der Waals surface area contributed by atoms with Crippen molar-refractivity contribution in [1.29, 1.82) is 0 Å². The Morgan fingerprint density at radius 1 is 1.29 bits per heavy atom. The fourth-order valence-electron chi connectivity index (χ4n) is 1.05. The topological polar surface area (TPSA) is 55.1 Å². The lowest BCUT2D eigenvalue weighted by Crippen LogP contribution is -2.22. The molecule has 0 saturated carbocycles. The molecule has 0 fully saturated rings. The molecule has 0 radical (unpaired) electrons. The van der Waals surface area contributed by atoms with E-state index in [1.807, 2.05) is 0 Å². The molecule has 0 aliphatic heterocycles. The van der Waals surface area contributed by atoms with Crippen LogP contribution in [0.15, 0.2) is 12.2 Å². The summed E-state index contributed by atoms with van der Waals surface area (Å²) < 4.78 is 0. The second-order valence-corrected chi connectivity index (χ2v) is 3.40. The van der Waals surface area contributed by atoms with E-state index in [0.29, 0.717) is 5.75 Å². The fourth-order valence-corrected chi connectivity index (χ4v) is 1.14. The SMILES string of the molecule is NCCCCCCNC(=O)/C=C/C[S-]. The van der Waals surface area contributed by atoms with Crippen LogP contribution < -0.4 is 11.1 Å². The van der Waals surface area contributed by atoms with Crippen molar-refractivity contribution in [2.24, 2.45) is 5.73 Å². The van der Waals surface area contributed by atoms with Crippen LogP contribution in [-0.4, -0.2) is 24.7 Å². The standard InChI is InChI=1S/C10H20N2OS/c11-7-3-1-2-4-8-12-10(13)6-5-9-14/h5-6,14H,1-4,7-9,11H2,(H,12,13)/p-1/b6-5+. The average Bonchev–Trinajstić information content (AvgIpc) is 2.20. The van der Waals surface area contributed by atoms with Crippen LogP contribution in [0.3, 0.4) is 0 Å². The third-order valence-electron chi connectivity index (χ3n) is 1.80. The molecule has 0 rings (SSSR count). The number of amides is 1. The molecule has 0 aromatic carbocycles. The van der Waals surface area contributed by atoms with Crippen molar-refractivity contribution in [2.45, 2.75) is 25.7 Å². The number of nitrogens with two attached hydrogens (primary N) is 1. The van der Waals surface area contributed by atoms with Gasteiger partial charge >= 0.3 is 0 Å². The number of hydrogen-bond donors (Lipinski definition) is 2. The van der Waals surface area contributed by atoms with Crippen LogP contribution in [0.1, 0.15) is 25.7 Å². The molecule has 4 heteroatoms. The first-order valence-electron chi connectivity index (χ1n) is 5.03. The van der Waals surface area contributed by atoms with Gasteiger partial charge in [-0.15, -0.1) is 6.08 Å². The molecule has 14 heavy (non-hydrogen) atoms. The van der Waals surface area contributed by atoms with E-state index in [2.05, 4.69) is 17.9 Å². The van der Waals surface area contributed by atoms with Crippen LogP contribution >= 0.6 is 0 Å². The van der Waals surface area contributed by atoms with Crippen molar-refractivity contribution < 1.29 is 4.79 Å². The van der Waals surface area contributed by atoms with Crippen LogP contribution in [0, 0.1) is 0 Å². The summed E-state index contributed by atoms with van der Waals surface area (Å²) in [5.41, 5.74) is 5.36. The van der Waals surface area contributed by atoms with Crippen molar-refractivity contribution >= 4 is 18.5 Å². The van der Waals surface area contributed by atoms with Crippen LogP contribution in [0.25, 0.3) is 0 Å². The molecule has 1 amide bonds. The minimum absolute atomic E-state index is 0.0475. The quantitative estimate of drug-likeness (QED) is 0.356. The molecule has 0 heterocycles. The van der Waals surface area contributed by atoms with Gasteiger partial charge < -0.3 is 23.7 Å². The third kappa shape index (κ3) is 9.61. The molecule has 0 atom stereocenters. The summed E-state index contributed by atoms with van der Waals surface area (Å²) in [5.74, 6) is 0.442. The Hall–Kier alpha value is -0.480. The first-order chi connectivity index (χ1) is 6.81. The van der Waals surface area contributed by atoms with E-state index >= 15 is 0 Å². The normalized spacial score (nSPS) is 10.7. The smallest absolute Gasteiger partial charge is 0.243 e. The molecule has 0 unspecified atom stereocenters. The van der Waals surface area contributed by atoms with Gasteiger partial charge in [-0.3, -0.25) is 4.79 Å². The molecule has 0 aromatic rings. The average molecular weight is 215 g/mol. The summed E-state index contributed by atoms with van der Waals surface area (Å²) in [6, 6.07) is 0. The first kappa shape index (κ1) is 13.5. The van der Waals surface area contributed by atoms with Crippen molar-refractivity contribution in [2.75, 3.05) is 18.8 Å². The maximum atomic E-state index is 11.0. The Morgan fingerprint density at radius 2 is 2.00 bits per heavy atom. The molecule has 0 bridgehead atoms. The van der Waals surface area contributed by atoms with Crippen molar-refractivity contribution in [3.8, 4) is 0 Å². The highest BCUT2D eigenvalue weighted by atomic mass is 32.1. The lowest BCUT2D eigenvalue weighted by Gasteiger charge is -2.02. The molecule has 0 aromatic heterocycles. The third-order valence-corrected chi connectivity index (χ3v) is 1.99. The van der Waals surface area contributed by atoms with Gasteiger partial charge in [-0.05, 0) is 25.5 Å². The van der Waals surface area contributed by atoms with Gasteiger partial charge in [-0.2, -0.15) is 5.75 Å². The highest BCUT2D eigenvalue weighted by molar-refractivity contribution is 7.58. The highest BCUT2D eigenvalue weighted by Crippen LogP contribution is 1.96. The lowest BCUT2D eigenvalue weighted by molar-refractivity contribution is -0.116. The van der Waals surface area contributed by atoms with Crippen molar-refractivity contribution in [1.82, 2.24) is 5.32 Å². The van der Waals surface area contributed by atoms with Gasteiger partial charge in [0.15, 0.2) is 0 Å². The van der Waals surface area contributed by atoms with E-state index < -0.39 is 0 Å². The molecule has 3 nitrogen and oxygen atoms in total. The minimum atomic E-state index is -0.0475. The Balaban J connectivity index is 3.19. The zero-order chi connectivity index (χ0) is 10.6. The van der Waals surface area contributed by atoms with Gasteiger partial charge in [0, 0.05) is 6.54 Å². The van der Waals surface area contributed by atoms with Crippen molar-refractivity contribution in [3.05, 3.63) is 12.2 Å². The molecule has 0 aliphatic carbocycles. The molecular weight excluding hydrogens is 196 g/mol. The van der Waals surface area contributed by atoms with Gasteiger partial charge in [0.1, 0.15) is 0 Å². The molecule has 0 spiro atoms. The number of carbonyl (C=O) groups is 1. The Labute approximate surface area is 91.5 Å². The summed E-state index contributed by atoms with van der Waals surface area (Å²) in [7, 11) is 0. The summed E-state index contributed by atoms with van der Waals surface area (Å²) in [6.45, 7) is 1.50. The van der Waals surface area contributed by atoms with Gasteiger partial charge in [-0.25, -0.2) is 0 Å². The summed E-state index contributed by atoms with van der Waals surface area (Å²) in [5, 5.41) is 2.79. The Morgan fingerprint density at radius 3 is 2.64 bits per heavy atom. The first-order valence-corrected chi connectivity index (χ1v) is 5.61. The summed E-state index contributed by atoms with van der Waals surface area (Å²) >= 11 is 4.67. The molecule has 0 saturated heterocycles. The van der Waals surface area contributed by atoms with E-state index in [-0.39, 0.29) is 5.91 Å². The second-order valence-electron chi connectivity index (χ2n) is 3.06. The fraction of sp³-hybridized carbons (Fsp3) is 0.700. The summed E-state index contributed by atoms with van der Waals surface area (Å²) in [6.07, 6.45) is 7.54. The van der Waals surface area contributed by atoms with Crippen LogP contribution in [0.5, 0.6) is 0 Å². The van der Waals surface area contributed by atoms with E-state index in [4.69, 9.17) is 5.73 Å². The van der Waals surface area contributed by atoms with Gasteiger partial charge in [0.05, 0.1) is 0 Å². The zero-order valence-corrected chi connectivity index (χ0v) is 9.31. The van der Waals surface area contributed by atoms with Gasteiger partial charge in [0.2, 0.25) is 5.91 Å². The predicted molar refractivity (Wildman–Crippen MR) is 61.9 cm³/mol. The lowest BCUT2D eigenvalue weighted by atomic mass is 10.2.